The summed E-state index contributed by atoms with van der Waals surface area (Å²) in [5.74, 6) is 0.682. The number of aryl methyl sites for hydroxylation is 1. The standard InChI is InChI=1S/C21H26N2O2/c1-18-7-9-20(10-8-18)23-14-12-22(13-15-23)11-4-16-25-21-6-3-2-5-19(21)17-24/h2-3,5-10,17H,4,11-16H2,1H3. The lowest BCUT2D eigenvalue weighted by Crippen LogP contribution is -2.46. The quantitative estimate of drug-likeness (QED) is 0.572. The van der Waals surface area contributed by atoms with Crippen molar-refractivity contribution in [1.82, 2.24) is 4.90 Å². The molecule has 3 rings (SSSR count). The van der Waals surface area contributed by atoms with E-state index in [1.165, 1.54) is 11.3 Å². The van der Waals surface area contributed by atoms with Gasteiger partial charge < -0.3 is 9.64 Å². The Kier molecular flexibility index (Phi) is 6.07. The molecule has 132 valence electrons. The minimum atomic E-state index is 0.620. The first kappa shape index (κ1) is 17.5. The summed E-state index contributed by atoms with van der Waals surface area (Å²) in [7, 11) is 0. The van der Waals surface area contributed by atoms with E-state index in [1.54, 1.807) is 6.07 Å². The SMILES string of the molecule is Cc1ccc(N2CCN(CCCOc3ccccc3C=O)CC2)cc1. The summed E-state index contributed by atoms with van der Waals surface area (Å²) in [5.41, 5.74) is 3.24. The predicted octanol–water partition coefficient (Wildman–Crippen LogP) is 3.40. The number of para-hydroxylation sites is 1. The monoisotopic (exact) mass is 338 g/mol. The number of aldehydes is 1. The predicted molar refractivity (Wildman–Crippen MR) is 102 cm³/mol. The number of nitrogens with zero attached hydrogens (tertiary/aromatic N) is 2. The van der Waals surface area contributed by atoms with Crippen molar-refractivity contribution >= 4 is 12.0 Å². The summed E-state index contributed by atoms with van der Waals surface area (Å²) >= 11 is 0. The van der Waals surface area contributed by atoms with Crippen LogP contribution in [0.3, 0.4) is 0 Å². The van der Waals surface area contributed by atoms with Gasteiger partial charge in [0.1, 0.15) is 5.75 Å². The summed E-state index contributed by atoms with van der Waals surface area (Å²) in [6, 6.07) is 16.2. The zero-order valence-corrected chi connectivity index (χ0v) is 14.9. The molecule has 0 aliphatic carbocycles. The van der Waals surface area contributed by atoms with Gasteiger partial charge in [0.05, 0.1) is 12.2 Å². The van der Waals surface area contributed by atoms with Crippen molar-refractivity contribution in [3.05, 3.63) is 59.7 Å². The average molecular weight is 338 g/mol. The zero-order chi connectivity index (χ0) is 17.5. The molecule has 1 fully saturated rings. The normalized spacial score (nSPS) is 15.2. The van der Waals surface area contributed by atoms with Crippen LogP contribution >= 0.6 is 0 Å². The second-order valence-corrected chi connectivity index (χ2v) is 6.52. The van der Waals surface area contributed by atoms with E-state index in [1.807, 2.05) is 18.2 Å². The molecule has 2 aromatic carbocycles. The molecule has 25 heavy (non-hydrogen) atoms. The first-order valence-corrected chi connectivity index (χ1v) is 8.97. The van der Waals surface area contributed by atoms with Crippen molar-refractivity contribution in [2.24, 2.45) is 0 Å². The molecule has 1 aliphatic rings. The molecule has 0 saturated carbocycles. The van der Waals surface area contributed by atoms with E-state index in [0.717, 1.165) is 45.4 Å². The van der Waals surface area contributed by atoms with Crippen molar-refractivity contribution in [1.29, 1.82) is 0 Å². The highest BCUT2D eigenvalue weighted by Gasteiger charge is 2.16. The van der Waals surface area contributed by atoms with Gasteiger partial charge in [-0.1, -0.05) is 29.8 Å². The molecule has 0 aromatic heterocycles. The van der Waals surface area contributed by atoms with Gasteiger partial charge in [0.2, 0.25) is 0 Å². The number of rotatable bonds is 7. The Labute approximate surface area is 150 Å². The van der Waals surface area contributed by atoms with Crippen molar-refractivity contribution in [3.8, 4) is 5.75 Å². The fourth-order valence-corrected chi connectivity index (χ4v) is 3.16. The second kappa shape index (κ2) is 8.67. The third kappa shape index (κ3) is 4.83. The summed E-state index contributed by atoms with van der Waals surface area (Å²) in [6.07, 6.45) is 1.82. The van der Waals surface area contributed by atoms with Gasteiger partial charge in [-0.2, -0.15) is 0 Å². The molecule has 0 bridgehead atoms. The van der Waals surface area contributed by atoms with Crippen molar-refractivity contribution in [2.75, 3.05) is 44.2 Å². The molecule has 4 nitrogen and oxygen atoms in total. The van der Waals surface area contributed by atoms with Gasteiger partial charge in [-0.3, -0.25) is 9.69 Å². The van der Waals surface area contributed by atoms with Crippen LogP contribution in [-0.2, 0) is 0 Å². The smallest absolute Gasteiger partial charge is 0.153 e. The Balaban J connectivity index is 1.38. The van der Waals surface area contributed by atoms with Crippen LogP contribution in [0, 0.1) is 6.92 Å². The van der Waals surface area contributed by atoms with Gasteiger partial charge in [-0.05, 0) is 37.6 Å². The number of piperazine rings is 1. The minimum absolute atomic E-state index is 0.620. The zero-order valence-electron chi connectivity index (χ0n) is 14.9. The van der Waals surface area contributed by atoms with Crippen LogP contribution in [0.4, 0.5) is 5.69 Å². The molecule has 1 aliphatic heterocycles. The van der Waals surface area contributed by atoms with E-state index in [9.17, 15) is 4.79 Å². The van der Waals surface area contributed by atoms with E-state index in [2.05, 4.69) is 41.0 Å². The molecule has 4 heteroatoms. The molecule has 0 amide bonds. The number of benzene rings is 2. The third-order valence-corrected chi connectivity index (χ3v) is 4.69. The van der Waals surface area contributed by atoms with Gasteiger partial charge in [-0.25, -0.2) is 0 Å². The lowest BCUT2D eigenvalue weighted by Gasteiger charge is -2.36. The highest BCUT2D eigenvalue weighted by atomic mass is 16.5. The van der Waals surface area contributed by atoms with E-state index < -0.39 is 0 Å². The molecular weight excluding hydrogens is 312 g/mol. The molecule has 2 aromatic rings. The minimum Gasteiger partial charge on any atom is -0.493 e. The molecule has 0 unspecified atom stereocenters. The van der Waals surface area contributed by atoms with Gasteiger partial charge in [-0.15, -0.1) is 0 Å². The Morgan fingerprint density at radius 3 is 2.44 bits per heavy atom. The van der Waals surface area contributed by atoms with Crippen LogP contribution in [0.1, 0.15) is 22.3 Å². The summed E-state index contributed by atoms with van der Waals surface area (Å²) in [6.45, 7) is 8.10. The van der Waals surface area contributed by atoms with Crippen LogP contribution in [0.2, 0.25) is 0 Å². The molecular formula is C21H26N2O2. The first-order chi connectivity index (χ1) is 12.3. The second-order valence-electron chi connectivity index (χ2n) is 6.52. The van der Waals surface area contributed by atoms with E-state index in [-0.39, 0.29) is 0 Å². The van der Waals surface area contributed by atoms with E-state index in [4.69, 9.17) is 4.74 Å². The van der Waals surface area contributed by atoms with Crippen molar-refractivity contribution in [3.63, 3.8) is 0 Å². The van der Waals surface area contributed by atoms with Gasteiger partial charge in [0.25, 0.3) is 0 Å². The molecule has 1 heterocycles. The molecule has 0 spiro atoms. The largest absolute Gasteiger partial charge is 0.493 e. The lowest BCUT2D eigenvalue weighted by molar-refractivity contribution is 0.111. The Bertz CT molecular complexity index is 677. The highest BCUT2D eigenvalue weighted by Crippen LogP contribution is 2.18. The topological polar surface area (TPSA) is 32.8 Å². The summed E-state index contributed by atoms with van der Waals surface area (Å²) in [5, 5.41) is 0. The number of hydrogen-bond donors (Lipinski definition) is 0. The van der Waals surface area contributed by atoms with Crippen LogP contribution in [0.15, 0.2) is 48.5 Å². The maximum absolute atomic E-state index is 11.0. The Morgan fingerprint density at radius 2 is 1.72 bits per heavy atom. The van der Waals surface area contributed by atoms with E-state index >= 15 is 0 Å². The number of carbonyl (C=O) groups excluding carboxylic acids is 1. The van der Waals surface area contributed by atoms with Crippen LogP contribution in [-0.4, -0.2) is 50.5 Å². The molecule has 1 saturated heterocycles. The van der Waals surface area contributed by atoms with Crippen LogP contribution < -0.4 is 9.64 Å². The van der Waals surface area contributed by atoms with Gasteiger partial charge >= 0.3 is 0 Å². The van der Waals surface area contributed by atoms with Crippen LogP contribution in [0.5, 0.6) is 5.75 Å². The maximum atomic E-state index is 11.0. The number of anilines is 1. The van der Waals surface area contributed by atoms with Gasteiger partial charge in [0, 0.05) is 38.4 Å². The highest BCUT2D eigenvalue weighted by molar-refractivity contribution is 5.79. The van der Waals surface area contributed by atoms with Gasteiger partial charge in [0.15, 0.2) is 6.29 Å². The third-order valence-electron chi connectivity index (χ3n) is 4.69. The Morgan fingerprint density at radius 1 is 1.00 bits per heavy atom. The Hall–Kier alpha value is -2.33. The fraction of sp³-hybridized carbons (Fsp3) is 0.381. The van der Waals surface area contributed by atoms with Crippen molar-refractivity contribution < 1.29 is 9.53 Å². The van der Waals surface area contributed by atoms with E-state index in [0.29, 0.717) is 17.9 Å². The maximum Gasteiger partial charge on any atom is 0.153 e. The number of carbonyl (C=O) groups is 1. The molecule has 0 radical (unpaired) electrons. The first-order valence-electron chi connectivity index (χ1n) is 8.97. The fourth-order valence-electron chi connectivity index (χ4n) is 3.16. The molecule has 0 atom stereocenters. The summed E-state index contributed by atoms with van der Waals surface area (Å²) < 4.78 is 5.75. The number of hydrogen-bond acceptors (Lipinski definition) is 4. The average Bonchev–Trinajstić information content (AvgIpc) is 2.67. The van der Waals surface area contributed by atoms with Crippen LogP contribution in [0.25, 0.3) is 0 Å². The summed E-state index contributed by atoms with van der Waals surface area (Å²) in [4.78, 5) is 15.9. The number of ether oxygens (including phenoxy) is 1. The van der Waals surface area contributed by atoms with Crippen molar-refractivity contribution in [2.45, 2.75) is 13.3 Å². The molecule has 0 N–H and O–H groups in total. The lowest BCUT2D eigenvalue weighted by atomic mass is 10.2.